The molecule has 0 aliphatic carbocycles. The van der Waals surface area contributed by atoms with Crippen molar-refractivity contribution in [2.75, 3.05) is 30.7 Å². The predicted molar refractivity (Wildman–Crippen MR) is 79.3 cm³/mol. The molecule has 1 aliphatic rings. The minimum atomic E-state index is 0.390. The molecular weight excluding hydrogens is 238 g/mol. The Morgan fingerprint density at radius 2 is 2.21 bits per heavy atom. The summed E-state index contributed by atoms with van der Waals surface area (Å²) in [6.07, 6.45) is 4.45. The molecule has 102 valence electrons. The lowest BCUT2D eigenvalue weighted by Gasteiger charge is -2.22. The van der Waals surface area contributed by atoms with Crippen LogP contribution in [0.1, 0.15) is 19.8 Å². The molecule has 2 heterocycles. The molecule has 0 spiro atoms. The molecule has 0 bridgehead atoms. The molecule has 0 saturated carbocycles. The Balaban J connectivity index is 1.70. The monoisotopic (exact) mass is 259 g/mol. The standard InChI is InChI=1S/C14H21N5/c1-10(9-19-4-2-3-5-19)17-14-7-13-11(6-12(14)15)8-16-18-13/h6-8,10,17H,2-5,9,15H2,1H3,(H,16,18). The lowest BCUT2D eigenvalue weighted by Crippen LogP contribution is -2.33. The van der Waals surface area contributed by atoms with Crippen LogP contribution in [0.25, 0.3) is 10.9 Å². The molecule has 1 aromatic carbocycles. The van der Waals surface area contributed by atoms with E-state index in [1.54, 1.807) is 6.20 Å². The normalized spacial score (nSPS) is 17.9. The maximum absolute atomic E-state index is 6.08. The predicted octanol–water partition coefficient (Wildman–Crippen LogP) is 2.04. The zero-order valence-electron chi connectivity index (χ0n) is 11.3. The number of H-pyrrole nitrogens is 1. The molecule has 1 aliphatic heterocycles. The Morgan fingerprint density at radius 3 is 3.00 bits per heavy atom. The number of anilines is 2. The number of nitrogens with zero attached hydrogens (tertiary/aromatic N) is 2. The van der Waals surface area contributed by atoms with Crippen molar-refractivity contribution < 1.29 is 0 Å². The van der Waals surface area contributed by atoms with Gasteiger partial charge in [-0.3, -0.25) is 5.10 Å². The summed E-state index contributed by atoms with van der Waals surface area (Å²) in [5, 5.41) is 11.6. The van der Waals surface area contributed by atoms with Crippen molar-refractivity contribution in [3.63, 3.8) is 0 Å². The average molecular weight is 259 g/mol. The van der Waals surface area contributed by atoms with Gasteiger partial charge in [0.25, 0.3) is 0 Å². The van der Waals surface area contributed by atoms with E-state index >= 15 is 0 Å². The molecule has 1 unspecified atom stereocenters. The van der Waals surface area contributed by atoms with Crippen molar-refractivity contribution in [3.8, 4) is 0 Å². The number of likely N-dealkylation sites (tertiary alicyclic amines) is 1. The Bertz CT molecular complexity index is 556. The fourth-order valence-corrected chi connectivity index (χ4v) is 2.80. The lowest BCUT2D eigenvalue weighted by atomic mass is 10.2. The van der Waals surface area contributed by atoms with Crippen LogP contribution in [0.4, 0.5) is 11.4 Å². The first kappa shape index (κ1) is 12.3. The smallest absolute Gasteiger partial charge is 0.0672 e. The summed E-state index contributed by atoms with van der Waals surface area (Å²) in [6, 6.07) is 4.39. The van der Waals surface area contributed by atoms with Gasteiger partial charge in [-0.1, -0.05) is 0 Å². The van der Waals surface area contributed by atoms with Crippen LogP contribution in [-0.2, 0) is 0 Å². The van der Waals surface area contributed by atoms with E-state index in [0.717, 1.165) is 28.8 Å². The van der Waals surface area contributed by atoms with E-state index in [1.807, 2.05) is 12.1 Å². The van der Waals surface area contributed by atoms with Crippen LogP contribution in [0.3, 0.4) is 0 Å². The Labute approximate surface area is 113 Å². The van der Waals surface area contributed by atoms with Gasteiger partial charge in [-0.05, 0) is 45.0 Å². The van der Waals surface area contributed by atoms with Crippen molar-refractivity contribution in [1.29, 1.82) is 0 Å². The molecule has 2 aromatic rings. The van der Waals surface area contributed by atoms with Crippen LogP contribution in [0.15, 0.2) is 18.3 Å². The van der Waals surface area contributed by atoms with Crippen LogP contribution in [0.2, 0.25) is 0 Å². The number of nitrogen functional groups attached to an aromatic ring is 1. The van der Waals surface area contributed by atoms with Crippen molar-refractivity contribution >= 4 is 22.3 Å². The second-order valence-electron chi connectivity index (χ2n) is 5.45. The number of nitrogens with two attached hydrogens (primary N) is 1. The van der Waals surface area contributed by atoms with Crippen LogP contribution >= 0.6 is 0 Å². The number of aromatic amines is 1. The van der Waals surface area contributed by atoms with Crippen LogP contribution in [-0.4, -0.2) is 40.8 Å². The molecule has 5 heteroatoms. The van der Waals surface area contributed by atoms with Gasteiger partial charge in [0, 0.05) is 18.0 Å². The minimum absolute atomic E-state index is 0.390. The second-order valence-corrected chi connectivity index (χ2v) is 5.45. The third kappa shape index (κ3) is 2.66. The van der Waals surface area contributed by atoms with Gasteiger partial charge >= 0.3 is 0 Å². The van der Waals surface area contributed by atoms with E-state index < -0.39 is 0 Å². The van der Waals surface area contributed by atoms with E-state index in [1.165, 1.54) is 25.9 Å². The maximum Gasteiger partial charge on any atom is 0.0672 e. The minimum Gasteiger partial charge on any atom is -0.397 e. The zero-order chi connectivity index (χ0) is 13.2. The first-order valence-electron chi connectivity index (χ1n) is 6.94. The lowest BCUT2D eigenvalue weighted by molar-refractivity contribution is 0.328. The Morgan fingerprint density at radius 1 is 1.42 bits per heavy atom. The van der Waals surface area contributed by atoms with E-state index in [-0.39, 0.29) is 0 Å². The average Bonchev–Trinajstić information content (AvgIpc) is 3.00. The van der Waals surface area contributed by atoms with Crippen molar-refractivity contribution in [1.82, 2.24) is 15.1 Å². The van der Waals surface area contributed by atoms with Crippen molar-refractivity contribution in [3.05, 3.63) is 18.3 Å². The van der Waals surface area contributed by atoms with E-state index in [2.05, 4.69) is 27.3 Å². The third-order valence-electron chi connectivity index (χ3n) is 3.74. The summed E-state index contributed by atoms with van der Waals surface area (Å²) in [5.41, 5.74) is 8.87. The van der Waals surface area contributed by atoms with Gasteiger partial charge in [0.05, 0.1) is 23.1 Å². The fourth-order valence-electron chi connectivity index (χ4n) is 2.80. The summed E-state index contributed by atoms with van der Waals surface area (Å²) in [4.78, 5) is 2.50. The number of benzene rings is 1. The third-order valence-corrected chi connectivity index (χ3v) is 3.74. The fraction of sp³-hybridized carbons (Fsp3) is 0.500. The number of rotatable bonds is 4. The molecule has 1 atom stereocenters. The summed E-state index contributed by atoms with van der Waals surface area (Å²) in [7, 11) is 0. The molecule has 3 rings (SSSR count). The van der Waals surface area contributed by atoms with E-state index in [0.29, 0.717) is 6.04 Å². The van der Waals surface area contributed by atoms with Gasteiger partial charge < -0.3 is 16.0 Å². The molecule has 0 radical (unpaired) electrons. The van der Waals surface area contributed by atoms with E-state index in [9.17, 15) is 0 Å². The highest BCUT2D eigenvalue weighted by molar-refractivity contribution is 5.88. The van der Waals surface area contributed by atoms with Gasteiger partial charge in [0.15, 0.2) is 0 Å². The van der Waals surface area contributed by atoms with Crippen LogP contribution in [0.5, 0.6) is 0 Å². The topological polar surface area (TPSA) is 70.0 Å². The van der Waals surface area contributed by atoms with Crippen LogP contribution < -0.4 is 11.1 Å². The summed E-state index contributed by atoms with van der Waals surface area (Å²) < 4.78 is 0. The number of hydrogen-bond donors (Lipinski definition) is 3. The molecular formula is C14H21N5. The van der Waals surface area contributed by atoms with Gasteiger partial charge in [-0.15, -0.1) is 0 Å². The second kappa shape index (κ2) is 5.09. The zero-order valence-corrected chi connectivity index (χ0v) is 11.3. The maximum atomic E-state index is 6.08. The summed E-state index contributed by atoms with van der Waals surface area (Å²) in [6.45, 7) is 5.72. The first-order valence-corrected chi connectivity index (χ1v) is 6.94. The molecule has 1 saturated heterocycles. The number of nitrogens with one attached hydrogen (secondary N) is 2. The van der Waals surface area contributed by atoms with Crippen LogP contribution in [0, 0.1) is 0 Å². The highest BCUT2D eigenvalue weighted by atomic mass is 15.2. The number of aromatic nitrogens is 2. The van der Waals surface area contributed by atoms with Gasteiger partial charge in [0.2, 0.25) is 0 Å². The number of hydrogen-bond acceptors (Lipinski definition) is 4. The summed E-state index contributed by atoms with van der Waals surface area (Å²) >= 11 is 0. The Kier molecular flexibility index (Phi) is 3.29. The molecule has 1 fully saturated rings. The van der Waals surface area contributed by atoms with Crippen molar-refractivity contribution in [2.45, 2.75) is 25.8 Å². The van der Waals surface area contributed by atoms with Gasteiger partial charge in [-0.25, -0.2) is 0 Å². The number of fused-ring (bicyclic) bond motifs is 1. The molecule has 5 nitrogen and oxygen atoms in total. The molecule has 19 heavy (non-hydrogen) atoms. The highest BCUT2D eigenvalue weighted by Gasteiger charge is 2.15. The van der Waals surface area contributed by atoms with E-state index in [4.69, 9.17) is 5.73 Å². The molecule has 0 amide bonds. The van der Waals surface area contributed by atoms with Crippen molar-refractivity contribution in [2.24, 2.45) is 0 Å². The summed E-state index contributed by atoms with van der Waals surface area (Å²) in [5.74, 6) is 0. The quantitative estimate of drug-likeness (QED) is 0.735. The highest BCUT2D eigenvalue weighted by Crippen LogP contribution is 2.25. The molecule has 1 aromatic heterocycles. The Hall–Kier alpha value is -1.75. The SMILES string of the molecule is CC(CN1CCCC1)Nc1cc2[nH]ncc2cc1N. The van der Waals surface area contributed by atoms with Gasteiger partial charge in [-0.2, -0.15) is 5.10 Å². The largest absolute Gasteiger partial charge is 0.397 e. The first-order chi connectivity index (χ1) is 9.22. The molecule has 4 N–H and O–H groups in total. The van der Waals surface area contributed by atoms with Gasteiger partial charge in [0.1, 0.15) is 0 Å².